The molecule has 0 unspecified atom stereocenters. The first kappa shape index (κ1) is 9.72. The normalized spacial score (nSPS) is 9.77. The van der Waals surface area contributed by atoms with E-state index < -0.39 is 0 Å². The van der Waals surface area contributed by atoms with Crippen LogP contribution in [0.2, 0.25) is 0 Å². The number of nitrogens with one attached hydrogen (secondary N) is 1. The lowest BCUT2D eigenvalue weighted by molar-refractivity contribution is 1.28. The van der Waals surface area contributed by atoms with Gasteiger partial charge in [-0.2, -0.15) is 0 Å². The predicted molar refractivity (Wildman–Crippen MR) is 58.5 cm³/mol. The van der Waals surface area contributed by atoms with Crippen molar-refractivity contribution in [1.82, 2.24) is 0 Å². The van der Waals surface area contributed by atoms with Crippen molar-refractivity contribution in [2.75, 3.05) is 0 Å². The fourth-order valence-corrected chi connectivity index (χ4v) is 1.38. The molecule has 0 amide bonds. The lowest BCUT2D eigenvalue weighted by Crippen LogP contribution is -1.92. The average Bonchev–Trinajstić information content (AvgIpc) is 2.10. The van der Waals surface area contributed by atoms with E-state index in [0.29, 0.717) is 0 Å². The third-order valence-electron chi connectivity index (χ3n) is 2.36. The monoisotopic (exact) mass is 173 g/mol. The number of hydrogen-bond donors (Lipinski definition) is 1. The number of rotatable bonds is 2. The Morgan fingerprint density at radius 3 is 2.23 bits per heavy atom. The van der Waals surface area contributed by atoms with Gasteiger partial charge in [-0.1, -0.05) is 18.7 Å². The highest BCUT2D eigenvalue weighted by Gasteiger charge is 2.02. The molecule has 0 aliphatic heterocycles. The molecule has 0 atom stereocenters. The van der Waals surface area contributed by atoms with Crippen LogP contribution in [0.1, 0.15) is 22.3 Å². The van der Waals surface area contributed by atoms with Crippen molar-refractivity contribution in [2.24, 2.45) is 0 Å². The van der Waals surface area contributed by atoms with Gasteiger partial charge in [0.25, 0.3) is 0 Å². The van der Waals surface area contributed by atoms with Gasteiger partial charge in [-0.05, 0) is 48.6 Å². The van der Waals surface area contributed by atoms with Crippen LogP contribution in [0.4, 0.5) is 0 Å². The highest BCUT2D eigenvalue weighted by Crippen LogP contribution is 2.20. The molecule has 0 saturated heterocycles. The second kappa shape index (κ2) is 3.56. The molecular weight excluding hydrogens is 158 g/mol. The number of allylic oxidation sites excluding steroid dienone is 1. The van der Waals surface area contributed by atoms with E-state index in [1.807, 2.05) is 0 Å². The average molecular weight is 173 g/mol. The van der Waals surface area contributed by atoms with Gasteiger partial charge in [0.05, 0.1) is 0 Å². The summed E-state index contributed by atoms with van der Waals surface area (Å²) < 4.78 is 0. The molecule has 0 radical (unpaired) electrons. The minimum Gasteiger partial charge on any atom is -0.308 e. The van der Waals surface area contributed by atoms with E-state index in [1.54, 1.807) is 0 Å². The number of aryl methyl sites for hydroxylation is 3. The van der Waals surface area contributed by atoms with Crippen molar-refractivity contribution in [3.63, 3.8) is 0 Å². The van der Waals surface area contributed by atoms with Gasteiger partial charge in [-0.25, -0.2) is 0 Å². The Bertz CT molecular complexity index is 362. The van der Waals surface area contributed by atoms with Crippen molar-refractivity contribution < 1.29 is 0 Å². The molecule has 0 aliphatic carbocycles. The maximum absolute atomic E-state index is 7.14. The van der Waals surface area contributed by atoms with Crippen LogP contribution in [0.3, 0.4) is 0 Å². The van der Waals surface area contributed by atoms with Gasteiger partial charge in [0, 0.05) is 6.21 Å². The third kappa shape index (κ3) is 1.86. The van der Waals surface area contributed by atoms with Gasteiger partial charge in [0.1, 0.15) is 0 Å². The molecule has 1 aromatic rings. The Balaban J connectivity index is 3.31. The maximum atomic E-state index is 7.14. The lowest BCUT2D eigenvalue weighted by atomic mass is 9.97. The van der Waals surface area contributed by atoms with E-state index in [9.17, 15) is 0 Å². The van der Waals surface area contributed by atoms with Gasteiger partial charge in [-0.15, -0.1) is 0 Å². The third-order valence-corrected chi connectivity index (χ3v) is 2.36. The highest BCUT2D eigenvalue weighted by atomic mass is 14.3. The summed E-state index contributed by atoms with van der Waals surface area (Å²) >= 11 is 0. The summed E-state index contributed by atoms with van der Waals surface area (Å²) in [6.07, 6.45) is 1.30. The van der Waals surface area contributed by atoms with Crippen LogP contribution >= 0.6 is 0 Å². The smallest absolute Gasteiger partial charge is 0.0250 e. The lowest BCUT2D eigenvalue weighted by Gasteiger charge is -2.08. The first-order chi connectivity index (χ1) is 6.06. The van der Waals surface area contributed by atoms with Crippen molar-refractivity contribution in [3.8, 4) is 0 Å². The first-order valence-electron chi connectivity index (χ1n) is 4.34. The molecule has 0 saturated carbocycles. The van der Waals surface area contributed by atoms with Crippen molar-refractivity contribution in [1.29, 1.82) is 5.41 Å². The largest absolute Gasteiger partial charge is 0.308 e. The Hall–Kier alpha value is -1.37. The van der Waals surface area contributed by atoms with Crippen LogP contribution in [-0.4, -0.2) is 6.21 Å². The van der Waals surface area contributed by atoms with Crippen molar-refractivity contribution in [3.05, 3.63) is 41.0 Å². The second-order valence-corrected chi connectivity index (χ2v) is 3.42. The molecule has 0 heterocycles. The summed E-state index contributed by atoms with van der Waals surface area (Å²) in [7, 11) is 0. The zero-order chi connectivity index (χ0) is 10.0. The minimum absolute atomic E-state index is 0.778. The summed E-state index contributed by atoms with van der Waals surface area (Å²) in [6, 6.07) is 4.23. The molecule has 13 heavy (non-hydrogen) atoms. The molecule has 0 aliphatic rings. The predicted octanol–water partition coefficient (Wildman–Crippen LogP) is 3.27. The van der Waals surface area contributed by atoms with Crippen LogP contribution in [0.25, 0.3) is 5.57 Å². The molecule has 1 N–H and O–H groups in total. The summed E-state index contributed by atoms with van der Waals surface area (Å²) in [5.74, 6) is 0. The van der Waals surface area contributed by atoms with Gasteiger partial charge in [0.15, 0.2) is 0 Å². The Labute approximate surface area is 79.6 Å². The first-order valence-corrected chi connectivity index (χ1v) is 4.34. The zero-order valence-electron chi connectivity index (χ0n) is 8.44. The summed E-state index contributed by atoms with van der Waals surface area (Å²) in [6.45, 7) is 10.1. The van der Waals surface area contributed by atoms with Crippen LogP contribution in [0.5, 0.6) is 0 Å². The Kier molecular flexibility index (Phi) is 2.66. The topological polar surface area (TPSA) is 23.9 Å². The molecule has 0 spiro atoms. The van der Waals surface area contributed by atoms with E-state index in [1.165, 1.54) is 22.9 Å². The van der Waals surface area contributed by atoms with E-state index in [4.69, 9.17) is 5.41 Å². The molecule has 1 aromatic carbocycles. The molecule has 1 rings (SSSR count). The van der Waals surface area contributed by atoms with Gasteiger partial charge in [0.2, 0.25) is 0 Å². The van der Waals surface area contributed by atoms with Crippen molar-refractivity contribution in [2.45, 2.75) is 20.8 Å². The second-order valence-electron chi connectivity index (χ2n) is 3.42. The van der Waals surface area contributed by atoms with Gasteiger partial charge >= 0.3 is 0 Å². The molecule has 0 aromatic heterocycles. The van der Waals surface area contributed by atoms with E-state index in [2.05, 4.69) is 39.5 Å². The molecule has 0 fully saturated rings. The minimum atomic E-state index is 0.778. The fourth-order valence-electron chi connectivity index (χ4n) is 1.38. The quantitative estimate of drug-likeness (QED) is 0.664. The zero-order valence-corrected chi connectivity index (χ0v) is 8.44. The van der Waals surface area contributed by atoms with Gasteiger partial charge < -0.3 is 5.41 Å². The number of hydrogen-bond acceptors (Lipinski definition) is 1. The summed E-state index contributed by atoms with van der Waals surface area (Å²) in [5.41, 5.74) is 5.60. The van der Waals surface area contributed by atoms with Crippen LogP contribution in [0.15, 0.2) is 18.7 Å². The van der Waals surface area contributed by atoms with Gasteiger partial charge in [-0.3, -0.25) is 0 Å². The van der Waals surface area contributed by atoms with Crippen molar-refractivity contribution >= 4 is 11.8 Å². The van der Waals surface area contributed by atoms with Crippen LogP contribution in [-0.2, 0) is 0 Å². The summed E-state index contributed by atoms with van der Waals surface area (Å²) in [4.78, 5) is 0. The number of benzene rings is 1. The SMILES string of the molecule is C=C(C=N)c1cc(C)c(C)cc1C. The molecule has 68 valence electrons. The molecular formula is C12H15N. The van der Waals surface area contributed by atoms with Crippen LogP contribution < -0.4 is 0 Å². The van der Waals surface area contributed by atoms with E-state index in [-0.39, 0.29) is 0 Å². The highest BCUT2D eigenvalue weighted by molar-refractivity contribution is 6.07. The molecule has 1 heteroatoms. The Morgan fingerprint density at radius 2 is 1.69 bits per heavy atom. The molecule has 0 bridgehead atoms. The Morgan fingerprint density at radius 1 is 1.15 bits per heavy atom. The summed E-state index contributed by atoms with van der Waals surface area (Å²) in [5, 5.41) is 7.14. The fraction of sp³-hybridized carbons (Fsp3) is 0.250. The van der Waals surface area contributed by atoms with E-state index >= 15 is 0 Å². The maximum Gasteiger partial charge on any atom is 0.0250 e. The van der Waals surface area contributed by atoms with E-state index in [0.717, 1.165) is 11.1 Å². The standard InChI is InChI=1S/C12H15N/c1-8-5-10(3)12(6-9(8)2)11(4)7-13/h5-7,13H,4H2,1-3H3. The molecule has 1 nitrogen and oxygen atoms in total. The van der Waals surface area contributed by atoms with Crippen LogP contribution in [0, 0.1) is 26.2 Å².